The van der Waals surface area contributed by atoms with Crippen LogP contribution >= 0.6 is 0 Å². The molecule has 1 aliphatic carbocycles. The van der Waals surface area contributed by atoms with Crippen molar-refractivity contribution in [2.75, 3.05) is 13.2 Å². The maximum Gasteiger partial charge on any atom is 0.377 e. The molecule has 1 saturated carbocycles. The van der Waals surface area contributed by atoms with Crippen molar-refractivity contribution in [1.82, 2.24) is 5.32 Å². The van der Waals surface area contributed by atoms with E-state index in [1.54, 1.807) is 6.92 Å². The smallest absolute Gasteiger partial charge is 0.377 e. The summed E-state index contributed by atoms with van der Waals surface area (Å²) in [6.07, 6.45) is 3.65. The predicted octanol–water partition coefficient (Wildman–Crippen LogP) is 1.75. The molecular weight excluding hydrogens is 286 g/mol. The van der Waals surface area contributed by atoms with Gasteiger partial charge in [-0.3, -0.25) is 4.79 Å². The first-order chi connectivity index (χ1) is 10.5. The summed E-state index contributed by atoms with van der Waals surface area (Å²) in [6, 6.07) is 0.144. The zero-order valence-electron chi connectivity index (χ0n) is 13.5. The molecule has 2 aliphatic rings. The lowest BCUT2D eigenvalue weighted by atomic mass is 9.78. The van der Waals surface area contributed by atoms with Gasteiger partial charge in [0.25, 0.3) is 5.91 Å². The topological polar surface area (TPSA) is 73.9 Å². The van der Waals surface area contributed by atoms with Gasteiger partial charge in [0.05, 0.1) is 0 Å². The monoisotopic (exact) mass is 311 g/mol. The number of hydrogen-bond donors (Lipinski definition) is 1. The van der Waals surface area contributed by atoms with Gasteiger partial charge in [0.15, 0.2) is 6.10 Å². The Balaban J connectivity index is 1.84. The Hall–Kier alpha value is -1.72. The number of ether oxygens (including phenoxy) is 3. The van der Waals surface area contributed by atoms with Crippen molar-refractivity contribution in [2.24, 2.45) is 11.8 Å². The first-order valence-electron chi connectivity index (χ1n) is 7.95. The lowest BCUT2D eigenvalue weighted by Gasteiger charge is -2.35. The van der Waals surface area contributed by atoms with Crippen LogP contribution in [0.15, 0.2) is 12.0 Å². The maximum atomic E-state index is 12.2. The van der Waals surface area contributed by atoms with Crippen molar-refractivity contribution in [3.05, 3.63) is 12.0 Å². The number of esters is 1. The van der Waals surface area contributed by atoms with E-state index in [4.69, 9.17) is 14.2 Å². The fourth-order valence-corrected chi connectivity index (χ4v) is 2.83. The fourth-order valence-electron chi connectivity index (χ4n) is 2.83. The van der Waals surface area contributed by atoms with Crippen molar-refractivity contribution in [1.29, 1.82) is 0 Å². The van der Waals surface area contributed by atoms with Crippen LogP contribution in [0.2, 0.25) is 0 Å². The normalized spacial score (nSPS) is 29.4. The molecule has 4 atom stereocenters. The number of hydrogen-bond acceptors (Lipinski definition) is 5. The molecule has 124 valence electrons. The lowest BCUT2D eigenvalue weighted by Crippen LogP contribution is -2.47. The fraction of sp³-hybridized carbons (Fsp3) is 0.750. The summed E-state index contributed by atoms with van der Waals surface area (Å²) in [7, 11) is 0. The first-order valence-corrected chi connectivity index (χ1v) is 7.95. The molecule has 1 N–H and O–H groups in total. The van der Waals surface area contributed by atoms with E-state index in [0.717, 1.165) is 12.8 Å². The quantitative estimate of drug-likeness (QED) is 0.801. The third kappa shape index (κ3) is 4.15. The maximum absolute atomic E-state index is 12.2. The van der Waals surface area contributed by atoms with Gasteiger partial charge in [-0.25, -0.2) is 4.79 Å². The highest BCUT2D eigenvalue weighted by atomic mass is 16.6. The van der Waals surface area contributed by atoms with Crippen LogP contribution < -0.4 is 5.32 Å². The van der Waals surface area contributed by atoms with Crippen molar-refractivity contribution in [3.8, 4) is 0 Å². The molecule has 0 spiro atoms. The van der Waals surface area contributed by atoms with Crippen molar-refractivity contribution < 1.29 is 23.8 Å². The van der Waals surface area contributed by atoms with Crippen LogP contribution in [0.25, 0.3) is 0 Å². The molecule has 0 saturated heterocycles. The number of amides is 1. The Bertz CT molecular complexity index is 448. The Morgan fingerprint density at radius 3 is 2.77 bits per heavy atom. The molecule has 0 aromatic heterocycles. The van der Waals surface area contributed by atoms with Crippen molar-refractivity contribution in [3.63, 3.8) is 0 Å². The highest BCUT2D eigenvalue weighted by Gasteiger charge is 2.30. The molecule has 6 nitrogen and oxygen atoms in total. The second kappa shape index (κ2) is 7.51. The minimum atomic E-state index is -0.858. The second-order valence-electron chi connectivity index (χ2n) is 6.13. The second-order valence-corrected chi connectivity index (χ2v) is 6.13. The van der Waals surface area contributed by atoms with Gasteiger partial charge in [0.1, 0.15) is 19.5 Å². The number of nitrogens with one attached hydrogen (secondary N) is 1. The van der Waals surface area contributed by atoms with Crippen LogP contribution in [-0.2, 0) is 23.8 Å². The van der Waals surface area contributed by atoms with E-state index >= 15 is 0 Å². The summed E-state index contributed by atoms with van der Waals surface area (Å²) in [5.74, 6) is 0.0860. The van der Waals surface area contributed by atoms with Crippen LogP contribution in [0.3, 0.4) is 0 Å². The third-order valence-electron chi connectivity index (χ3n) is 4.54. The molecule has 0 aromatic carbocycles. The van der Waals surface area contributed by atoms with E-state index in [9.17, 15) is 9.59 Å². The Morgan fingerprint density at radius 1 is 1.32 bits per heavy atom. The van der Waals surface area contributed by atoms with E-state index in [0.29, 0.717) is 25.0 Å². The molecule has 0 radical (unpaired) electrons. The standard InChI is InChI=1S/C16H25NO5/c1-10-5-4-6-13(11(10)2)17-15(18)12(3)22-16(19)14-9-20-7-8-21-14/h9-13H,4-8H2,1-3H3,(H,17,18)/t10-,11+,12-,13-/m1/s1. The summed E-state index contributed by atoms with van der Waals surface area (Å²) < 4.78 is 15.3. The SMILES string of the molecule is C[C@H]1[C@H](C)CCC[C@H]1NC(=O)[C@@H](C)OC(=O)C1=COCCO1. The van der Waals surface area contributed by atoms with E-state index in [-0.39, 0.29) is 17.7 Å². The molecule has 1 amide bonds. The van der Waals surface area contributed by atoms with Gasteiger partial charge in [-0.05, 0) is 25.2 Å². The lowest BCUT2D eigenvalue weighted by molar-refractivity contribution is -0.155. The molecule has 1 fully saturated rings. The van der Waals surface area contributed by atoms with Gasteiger partial charge in [-0.15, -0.1) is 0 Å². The predicted molar refractivity (Wildman–Crippen MR) is 79.7 cm³/mol. The van der Waals surface area contributed by atoms with Gasteiger partial charge >= 0.3 is 5.97 Å². The molecule has 22 heavy (non-hydrogen) atoms. The summed E-state index contributed by atoms with van der Waals surface area (Å²) in [5.41, 5.74) is 0. The van der Waals surface area contributed by atoms with Crippen LogP contribution in [0, 0.1) is 11.8 Å². The Morgan fingerprint density at radius 2 is 2.09 bits per heavy atom. The molecule has 0 aromatic rings. The summed E-state index contributed by atoms with van der Waals surface area (Å²) >= 11 is 0. The molecule has 1 aliphatic heterocycles. The van der Waals surface area contributed by atoms with Gasteiger partial charge in [-0.1, -0.05) is 26.7 Å². The molecule has 0 unspecified atom stereocenters. The largest absolute Gasteiger partial charge is 0.493 e. The third-order valence-corrected chi connectivity index (χ3v) is 4.54. The zero-order chi connectivity index (χ0) is 16.1. The van der Waals surface area contributed by atoms with Crippen LogP contribution in [0.4, 0.5) is 0 Å². The molecule has 1 heterocycles. The average Bonchev–Trinajstić information content (AvgIpc) is 2.52. The Labute approximate surface area is 131 Å². The Kier molecular flexibility index (Phi) is 5.69. The van der Waals surface area contributed by atoms with Gasteiger partial charge < -0.3 is 19.5 Å². The van der Waals surface area contributed by atoms with Crippen molar-refractivity contribution in [2.45, 2.75) is 52.2 Å². The van der Waals surface area contributed by atoms with E-state index < -0.39 is 12.1 Å². The van der Waals surface area contributed by atoms with Crippen molar-refractivity contribution >= 4 is 11.9 Å². The van der Waals surface area contributed by atoms with E-state index in [1.165, 1.54) is 12.7 Å². The summed E-state index contributed by atoms with van der Waals surface area (Å²) in [4.78, 5) is 24.0. The van der Waals surface area contributed by atoms with Gasteiger partial charge in [-0.2, -0.15) is 0 Å². The van der Waals surface area contributed by atoms with Crippen LogP contribution in [0.1, 0.15) is 40.0 Å². The highest BCUT2D eigenvalue weighted by Crippen LogP contribution is 2.29. The van der Waals surface area contributed by atoms with Crippen LogP contribution in [-0.4, -0.2) is 37.2 Å². The molecular formula is C16H25NO5. The molecule has 2 rings (SSSR count). The number of carbonyl (C=O) groups is 2. The van der Waals surface area contributed by atoms with E-state index in [1.807, 2.05) is 0 Å². The van der Waals surface area contributed by atoms with Crippen LogP contribution in [0.5, 0.6) is 0 Å². The van der Waals surface area contributed by atoms with E-state index in [2.05, 4.69) is 19.2 Å². The highest BCUT2D eigenvalue weighted by molar-refractivity contribution is 5.89. The summed E-state index contributed by atoms with van der Waals surface area (Å²) in [5, 5.41) is 3.00. The summed E-state index contributed by atoms with van der Waals surface area (Å²) in [6.45, 7) is 6.64. The minimum absolute atomic E-state index is 0.00515. The first kappa shape index (κ1) is 16.6. The van der Waals surface area contributed by atoms with Gasteiger partial charge in [0, 0.05) is 6.04 Å². The molecule has 6 heteroatoms. The van der Waals surface area contributed by atoms with Gasteiger partial charge in [0.2, 0.25) is 5.76 Å². The number of carbonyl (C=O) groups excluding carboxylic acids is 2. The number of rotatable bonds is 4. The average molecular weight is 311 g/mol. The minimum Gasteiger partial charge on any atom is -0.493 e. The molecule has 0 bridgehead atoms. The zero-order valence-corrected chi connectivity index (χ0v) is 13.5.